The van der Waals surface area contributed by atoms with Gasteiger partial charge in [0.05, 0.1) is 25.0 Å². The van der Waals surface area contributed by atoms with Gasteiger partial charge in [-0.25, -0.2) is 8.42 Å². The number of guanidine groups is 1. The predicted octanol–water partition coefficient (Wildman–Crippen LogP) is 1.67. The second-order valence-corrected chi connectivity index (χ2v) is 9.05. The molecule has 0 radical (unpaired) electrons. The Morgan fingerprint density at radius 3 is 2.46 bits per heavy atom. The van der Waals surface area contributed by atoms with Crippen LogP contribution in [0.25, 0.3) is 0 Å². The summed E-state index contributed by atoms with van der Waals surface area (Å²) in [6.45, 7) is 4.26. The van der Waals surface area contributed by atoms with E-state index in [9.17, 15) is 8.42 Å². The zero-order valence-electron chi connectivity index (χ0n) is 16.8. The molecule has 1 aliphatic rings. The quantitative estimate of drug-likeness (QED) is 0.210. The average molecular weight is 524 g/mol. The van der Waals surface area contributed by atoms with Crippen LogP contribution in [0.3, 0.4) is 0 Å². The van der Waals surface area contributed by atoms with Crippen molar-refractivity contribution in [3.63, 3.8) is 0 Å². The molecule has 1 aromatic carbocycles. The van der Waals surface area contributed by atoms with E-state index in [0.29, 0.717) is 19.2 Å². The van der Waals surface area contributed by atoms with Gasteiger partial charge in [-0.1, -0.05) is 30.3 Å². The Balaban J connectivity index is 0.00000392. The van der Waals surface area contributed by atoms with Gasteiger partial charge in [-0.05, 0) is 31.5 Å². The minimum absolute atomic E-state index is 0. The molecule has 0 saturated carbocycles. The zero-order chi connectivity index (χ0) is 19.5. The lowest BCUT2D eigenvalue weighted by atomic mass is 10.1. The molecule has 9 heteroatoms. The fraction of sp³-hybridized carbons (Fsp3) is 0.632. The third kappa shape index (κ3) is 9.53. The number of nitrogens with zero attached hydrogens (tertiary/aromatic N) is 2. The topological polar surface area (TPSA) is 83.0 Å². The summed E-state index contributed by atoms with van der Waals surface area (Å²) in [5, 5.41) is 6.62. The van der Waals surface area contributed by atoms with Gasteiger partial charge in [-0.3, -0.25) is 9.89 Å². The van der Waals surface area contributed by atoms with Crippen molar-refractivity contribution >= 4 is 39.8 Å². The molecule has 1 atom stereocenters. The highest BCUT2D eigenvalue weighted by atomic mass is 127. The van der Waals surface area contributed by atoms with Gasteiger partial charge in [0.2, 0.25) is 0 Å². The minimum Gasteiger partial charge on any atom is -0.379 e. The Bertz CT molecular complexity index is 680. The highest BCUT2D eigenvalue weighted by Crippen LogP contribution is 2.24. The van der Waals surface area contributed by atoms with Crippen molar-refractivity contribution in [1.29, 1.82) is 0 Å². The first-order chi connectivity index (χ1) is 13.0. The van der Waals surface area contributed by atoms with Gasteiger partial charge in [-0.2, -0.15) is 0 Å². The van der Waals surface area contributed by atoms with E-state index in [4.69, 9.17) is 4.74 Å². The van der Waals surface area contributed by atoms with E-state index < -0.39 is 9.84 Å². The fourth-order valence-corrected chi connectivity index (χ4v) is 3.57. The van der Waals surface area contributed by atoms with Gasteiger partial charge < -0.3 is 15.4 Å². The molecule has 160 valence electrons. The van der Waals surface area contributed by atoms with Gasteiger partial charge in [0, 0.05) is 26.4 Å². The Morgan fingerprint density at radius 1 is 1.18 bits per heavy atom. The van der Waals surface area contributed by atoms with E-state index in [1.807, 2.05) is 6.07 Å². The summed E-state index contributed by atoms with van der Waals surface area (Å²) in [5.74, 6) is 0.774. The van der Waals surface area contributed by atoms with Crippen LogP contribution in [0.5, 0.6) is 0 Å². The molecule has 1 fully saturated rings. The van der Waals surface area contributed by atoms with Gasteiger partial charge in [0.1, 0.15) is 9.84 Å². The number of aliphatic imine (C=N–C) groups is 1. The molecular formula is C19H33IN4O3S. The highest BCUT2D eigenvalue weighted by Gasteiger charge is 2.23. The Morgan fingerprint density at radius 2 is 1.86 bits per heavy atom. The van der Waals surface area contributed by atoms with Crippen molar-refractivity contribution in [3.05, 3.63) is 35.9 Å². The standard InChI is InChI=1S/C19H32N4O3S.HI/c1-20-19(21-10-13-26-14-15-27(2,24)25)22-16-18(23-11-6-7-12-23)17-8-4-3-5-9-17;/h3-5,8-9,18H,6-7,10-16H2,1-2H3,(H2,20,21,22);1H. The largest absolute Gasteiger partial charge is 0.379 e. The van der Waals surface area contributed by atoms with Crippen molar-refractivity contribution in [2.75, 3.05) is 58.4 Å². The molecule has 1 aromatic rings. The smallest absolute Gasteiger partial charge is 0.191 e. The molecule has 0 aliphatic carbocycles. The van der Waals surface area contributed by atoms with Crippen LogP contribution in [0.15, 0.2) is 35.3 Å². The summed E-state index contributed by atoms with van der Waals surface area (Å²) >= 11 is 0. The predicted molar refractivity (Wildman–Crippen MR) is 125 cm³/mol. The van der Waals surface area contributed by atoms with Crippen LogP contribution in [-0.2, 0) is 14.6 Å². The van der Waals surface area contributed by atoms with Gasteiger partial charge in [0.25, 0.3) is 0 Å². The second kappa shape index (κ2) is 13.3. The molecule has 1 aliphatic heterocycles. The van der Waals surface area contributed by atoms with Crippen LogP contribution in [-0.4, -0.2) is 77.7 Å². The summed E-state index contributed by atoms with van der Waals surface area (Å²) in [6, 6.07) is 10.9. The number of nitrogens with one attached hydrogen (secondary N) is 2. The molecule has 1 unspecified atom stereocenters. The summed E-state index contributed by atoms with van der Waals surface area (Å²) in [6.07, 6.45) is 3.71. The molecule has 1 saturated heterocycles. The highest BCUT2D eigenvalue weighted by molar-refractivity contribution is 14.0. The molecule has 0 amide bonds. The van der Waals surface area contributed by atoms with Crippen molar-refractivity contribution < 1.29 is 13.2 Å². The van der Waals surface area contributed by atoms with Crippen molar-refractivity contribution in [1.82, 2.24) is 15.5 Å². The summed E-state index contributed by atoms with van der Waals surface area (Å²) < 4.78 is 27.5. The third-order valence-corrected chi connectivity index (χ3v) is 5.50. The van der Waals surface area contributed by atoms with Crippen molar-refractivity contribution in [2.45, 2.75) is 18.9 Å². The lowest BCUT2D eigenvalue weighted by molar-refractivity contribution is 0.154. The average Bonchev–Trinajstić information content (AvgIpc) is 3.17. The monoisotopic (exact) mass is 524 g/mol. The Hall–Kier alpha value is -0.910. The van der Waals surface area contributed by atoms with Gasteiger partial charge in [0.15, 0.2) is 5.96 Å². The number of sulfone groups is 1. The summed E-state index contributed by atoms with van der Waals surface area (Å²) in [7, 11) is -1.23. The second-order valence-electron chi connectivity index (χ2n) is 6.79. The number of rotatable bonds is 10. The molecular weight excluding hydrogens is 491 g/mol. The van der Waals surface area contributed by atoms with Crippen LogP contribution in [0.4, 0.5) is 0 Å². The third-order valence-electron chi connectivity index (χ3n) is 4.59. The van der Waals surface area contributed by atoms with E-state index in [0.717, 1.165) is 25.6 Å². The van der Waals surface area contributed by atoms with Crippen LogP contribution in [0, 0.1) is 0 Å². The normalized spacial score (nSPS) is 16.4. The first-order valence-electron chi connectivity index (χ1n) is 9.48. The first-order valence-corrected chi connectivity index (χ1v) is 11.5. The molecule has 0 bridgehead atoms. The molecule has 2 N–H and O–H groups in total. The molecule has 28 heavy (non-hydrogen) atoms. The van der Waals surface area contributed by atoms with Gasteiger partial charge in [-0.15, -0.1) is 24.0 Å². The number of ether oxygens (including phenoxy) is 1. The van der Waals surface area contributed by atoms with Crippen LogP contribution >= 0.6 is 24.0 Å². The van der Waals surface area contributed by atoms with E-state index in [1.54, 1.807) is 7.05 Å². The van der Waals surface area contributed by atoms with Crippen LogP contribution < -0.4 is 10.6 Å². The molecule has 1 heterocycles. The lowest BCUT2D eigenvalue weighted by Gasteiger charge is -2.29. The molecule has 2 rings (SSSR count). The maximum Gasteiger partial charge on any atom is 0.191 e. The lowest BCUT2D eigenvalue weighted by Crippen LogP contribution is -2.43. The molecule has 0 aromatic heterocycles. The van der Waals surface area contributed by atoms with Crippen molar-refractivity contribution in [2.24, 2.45) is 4.99 Å². The Labute approximate surface area is 186 Å². The fourth-order valence-electron chi connectivity index (χ4n) is 3.15. The van der Waals surface area contributed by atoms with E-state index in [-0.39, 0.29) is 36.3 Å². The number of likely N-dealkylation sites (tertiary alicyclic amines) is 1. The molecule has 7 nitrogen and oxygen atoms in total. The van der Waals surface area contributed by atoms with Gasteiger partial charge >= 0.3 is 0 Å². The summed E-state index contributed by atoms with van der Waals surface area (Å²) in [5.41, 5.74) is 1.31. The summed E-state index contributed by atoms with van der Waals surface area (Å²) in [4.78, 5) is 6.78. The zero-order valence-corrected chi connectivity index (χ0v) is 19.9. The Kier molecular flexibility index (Phi) is 12.0. The number of benzene rings is 1. The van der Waals surface area contributed by atoms with E-state index >= 15 is 0 Å². The molecule has 0 spiro atoms. The number of halogens is 1. The van der Waals surface area contributed by atoms with E-state index in [2.05, 4.69) is 44.8 Å². The van der Waals surface area contributed by atoms with Crippen molar-refractivity contribution in [3.8, 4) is 0 Å². The van der Waals surface area contributed by atoms with Crippen LogP contribution in [0.1, 0.15) is 24.4 Å². The maximum absolute atomic E-state index is 11.1. The minimum atomic E-state index is -2.97. The van der Waals surface area contributed by atoms with Crippen LogP contribution in [0.2, 0.25) is 0 Å². The number of hydrogen-bond donors (Lipinski definition) is 2. The first kappa shape index (κ1) is 25.1. The SMILES string of the molecule is CN=C(NCCOCCS(C)(=O)=O)NCC(c1ccccc1)N1CCCC1.I. The van der Waals surface area contributed by atoms with E-state index in [1.165, 1.54) is 24.7 Å². The maximum atomic E-state index is 11.1. The number of hydrogen-bond acceptors (Lipinski definition) is 5.